The summed E-state index contributed by atoms with van der Waals surface area (Å²) in [6, 6.07) is 10.8. The summed E-state index contributed by atoms with van der Waals surface area (Å²) in [5, 5.41) is 0.404. The second kappa shape index (κ2) is 4.63. The van der Waals surface area contributed by atoms with E-state index < -0.39 is 0 Å². The van der Waals surface area contributed by atoms with Gasteiger partial charge in [0.1, 0.15) is 0 Å². The van der Waals surface area contributed by atoms with E-state index in [2.05, 4.69) is 37.0 Å². The van der Waals surface area contributed by atoms with E-state index in [9.17, 15) is 0 Å². The molecule has 0 spiro atoms. The predicted octanol–water partition coefficient (Wildman–Crippen LogP) is 3.31. The lowest BCUT2D eigenvalue weighted by Crippen LogP contribution is -2.34. The van der Waals surface area contributed by atoms with Gasteiger partial charge in [-0.3, -0.25) is 0 Å². The zero-order chi connectivity index (χ0) is 10.7. The number of benzene rings is 1. The van der Waals surface area contributed by atoms with E-state index in [1.165, 1.54) is 31.2 Å². The summed E-state index contributed by atoms with van der Waals surface area (Å²) in [6.45, 7) is 2.31. The first-order valence-electron chi connectivity index (χ1n) is 5.78. The second-order valence-electron chi connectivity index (χ2n) is 4.50. The van der Waals surface area contributed by atoms with E-state index in [0.717, 1.165) is 8.58 Å². The van der Waals surface area contributed by atoms with Crippen molar-refractivity contribution in [1.82, 2.24) is 0 Å². The lowest BCUT2D eigenvalue weighted by Gasteiger charge is -2.34. The maximum Gasteiger partial charge on any atom is 0.0389 e. The topological polar surface area (TPSA) is 26.0 Å². The molecule has 1 aromatic rings. The van der Waals surface area contributed by atoms with Gasteiger partial charge in [0.2, 0.25) is 0 Å². The maximum atomic E-state index is 6.45. The summed E-state index contributed by atoms with van der Waals surface area (Å²) >= 11 is 0. The highest BCUT2D eigenvalue weighted by Crippen LogP contribution is 2.50. The van der Waals surface area contributed by atoms with Crippen LogP contribution >= 0.6 is 8.58 Å². The Morgan fingerprint density at radius 1 is 1.20 bits per heavy atom. The van der Waals surface area contributed by atoms with Crippen molar-refractivity contribution in [3.63, 3.8) is 0 Å². The first-order chi connectivity index (χ1) is 7.28. The van der Waals surface area contributed by atoms with Gasteiger partial charge in [0.25, 0.3) is 0 Å². The van der Waals surface area contributed by atoms with E-state index in [-0.39, 0.29) is 6.04 Å². The number of hydrogen-bond donors (Lipinski definition) is 1. The van der Waals surface area contributed by atoms with Crippen molar-refractivity contribution >= 4 is 8.58 Å². The first-order valence-corrected chi connectivity index (χ1v) is 7.28. The van der Waals surface area contributed by atoms with Crippen molar-refractivity contribution in [3.8, 4) is 0 Å². The highest BCUT2D eigenvalue weighted by Gasteiger charge is 2.38. The summed E-state index contributed by atoms with van der Waals surface area (Å²) < 4.78 is 0. The summed E-state index contributed by atoms with van der Waals surface area (Å²) in [4.78, 5) is 0. The Labute approximate surface area is 94.2 Å². The molecule has 0 aliphatic heterocycles. The molecule has 0 saturated heterocycles. The number of hydrogen-bond acceptors (Lipinski definition) is 1. The molecule has 2 rings (SSSR count). The normalized spacial score (nSPS) is 22.3. The van der Waals surface area contributed by atoms with Crippen LogP contribution in [0, 0.1) is 0 Å². The number of rotatable bonds is 3. The Balaban J connectivity index is 2.22. The van der Waals surface area contributed by atoms with E-state index in [0.29, 0.717) is 5.16 Å². The van der Waals surface area contributed by atoms with Crippen LogP contribution in [0.1, 0.15) is 37.3 Å². The van der Waals surface area contributed by atoms with Crippen LogP contribution in [-0.2, 0) is 0 Å². The lowest BCUT2D eigenvalue weighted by molar-refractivity contribution is 0.490. The molecule has 1 nitrogen and oxygen atoms in total. The molecule has 1 aromatic carbocycles. The van der Waals surface area contributed by atoms with Gasteiger partial charge in [-0.25, -0.2) is 0 Å². The minimum Gasteiger partial charge on any atom is -0.323 e. The largest absolute Gasteiger partial charge is 0.323 e. The summed E-state index contributed by atoms with van der Waals surface area (Å²) in [5.74, 6) is 0. The molecule has 1 fully saturated rings. The molecular formula is C13H20NP. The Morgan fingerprint density at radius 2 is 1.80 bits per heavy atom. The van der Waals surface area contributed by atoms with Crippen LogP contribution in [0.4, 0.5) is 0 Å². The Bertz CT molecular complexity index is 304. The molecule has 0 heterocycles. The molecule has 1 aliphatic carbocycles. The molecule has 2 unspecified atom stereocenters. The van der Waals surface area contributed by atoms with Crippen LogP contribution in [-0.4, -0.2) is 11.8 Å². The fraction of sp³-hybridized carbons (Fsp3) is 0.538. The van der Waals surface area contributed by atoms with E-state index >= 15 is 0 Å². The molecule has 0 bridgehead atoms. The Kier molecular flexibility index (Phi) is 3.43. The summed E-state index contributed by atoms with van der Waals surface area (Å²) in [5.41, 5.74) is 7.77. The van der Waals surface area contributed by atoms with Crippen molar-refractivity contribution in [2.45, 2.75) is 36.9 Å². The van der Waals surface area contributed by atoms with Crippen LogP contribution in [0.25, 0.3) is 0 Å². The molecule has 2 heteroatoms. The molecule has 1 aliphatic rings. The SMILES string of the molecule is CPC1(C(N)c2ccccc2)CCCC1. The van der Waals surface area contributed by atoms with Crippen LogP contribution in [0.5, 0.6) is 0 Å². The molecule has 0 aromatic heterocycles. The van der Waals surface area contributed by atoms with Gasteiger partial charge in [0.05, 0.1) is 0 Å². The summed E-state index contributed by atoms with van der Waals surface area (Å²) in [6.07, 6.45) is 5.36. The zero-order valence-corrected chi connectivity index (χ0v) is 10.4. The first kappa shape index (κ1) is 11.1. The second-order valence-corrected chi connectivity index (χ2v) is 6.00. The van der Waals surface area contributed by atoms with Gasteiger partial charge in [-0.2, -0.15) is 0 Å². The van der Waals surface area contributed by atoms with Crippen molar-refractivity contribution in [3.05, 3.63) is 35.9 Å². The zero-order valence-electron chi connectivity index (χ0n) is 9.37. The van der Waals surface area contributed by atoms with Gasteiger partial charge in [-0.15, -0.1) is 8.58 Å². The van der Waals surface area contributed by atoms with Crippen LogP contribution in [0.3, 0.4) is 0 Å². The Morgan fingerprint density at radius 3 is 2.33 bits per heavy atom. The molecule has 2 N–H and O–H groups in total. The minimum absolute atomic E-state index is 0.240. The van der Waals surface area contributed by atoms with Crippen molar-refractivity contribution in [1.29, 1.82) is 0 Å². The fourth-order valence-corrected chi connectivity index (χ4v) is 4.03. The minimum atomic E-state index is 0.240. The van der Waals surface area contributed by atoms with Gasteiger partial charge in [-0.05, 0) is 25.1 Å². The molecule has 82 valence electrons. The predicted molar refractivity (Wildman–Crippen MR) is 68.8 cm³/mol. The average molecular weight is 221 g/mol. The number of nitrogens with two attached hydrogens (primary N) is 1. The van der Waals surface area contributed by atoms with Crippen LogP contribution < -0.4 is 5.73 Å². The molecule has 15 heavy (non-hydrogen) atoms. The fourth-order valence-electron chi connectivity index (χ4n) is 2.70. The molecule has 1 saturated carbocycles. The quantitative estimate of drug-likeness (QED) is 0.778. The smallest absolute Gasteiger partial charge is 0.0389 e. The standard InChI is InChI=1S/C13H20NP/c1-15-13(9-5-6-10-13)12(14)11-7-3-2-4-8-11/h2-4,7-8,12,15H,5-6,9-10,14H2,1H3. The van der Waals surface area contributed by atoms with Gasteiger partial charge in [0, 0.05) is 11.2 Å². The van der Waals surface area contributed by atoms with Crippen molar-refractivity contribution < 1.29 is 0 Å². The van der Waals surface area contributed by atoms with Gasteiger partial charge in [0.15, 0.2) is 0 Å². The monoisotopic (exact) mass is 221 g/mol. The third-order valence-corrected chi connectivity index (χ3v) is 5.55. The molecule has 0 radical (unpaired) electrons. The molecule has 0 amide bonds. The highest BCUT2D eigenvalue weighted by molar-refractivity contribution is 7.39. The molecular weight excluding hydrogens is 201 g/mol. The van der Waals surface area contributed by atoms with Gasteiger partial charge in [-0.1, -0.05) is 43.2 Å². The van der Waals surface area contributed by atoms with Crippen molar-refractivity contribution in [2.75, 3.05) is 6.66 Å². The maximum absolute atomic E-state index is 6.45. The third-order valence-electron chi connectivity index (χ3n) is 3.75. The van der Waals surface area contributed by atoms with E-state index in [4.69, 9.17) is 5.73 Å². The van der Waals surface area contributed by atoms with E-state index in [1.54, 1.807) is 0 Å². The van der Waals surface area contributed by atoms with Crippen molar-refractivity contribution in [2.24, 2.45) is 5.73 Å². The molecule has 2 atom stereocenters. The van der Waals surface area contributed by atoms with Gasteiger partial charge < -0.3 is 5.73 Å². The lowest BCUT2D eigenvalue weighted by atomic mass is 9.91. The highest BCUT2D eigenvalue weighted by atomic mass is 31.1. The average Bonchev–Trinajstić information content (AvgIpc) is 2.79. The Hall–Kier alpha value is -0.390. The third kappa shape index (κ3) is 2.09. The van der Waals surface area contributed by atoms with Crippen LogP contribution in [0.2, 0.25) is 0 Å². The van der Waals surface area contributed by atoms with E-state index in [1.807, 2.05) is 0 Å². The van der Waals surface area contributed by atoms with Gasteiger partial charge >= 0.3 is 0 Å². The summed E-state index contributed by atoms with van der Waals surface area (Å²) in [7, 11) is 0.963. The van der Waals surface area contributed by atoms with Crippen LogP contribution in [0.15, 0.2) is 30.3 Å².